The van der Waals surface area contributed by atoms with Crippen molar-refractivity contribution in [2.45, 2.75) is 19.5 Å². The van der Waals surface area contributed by atoms with E-state index >= 15 is 0 Å². The Morgan fingerprint density at radius 2 is 1.81 bits per heavy atom. The van der Waals surface area contributed by atoms with E-state index in [0.717, 1.165) is 16.3 Å². The van der Waals surface area contributed by atoms with Crippen molar-refractivity contribution in [1.29, 1.82) is 0 Å². The smallest absolute Gasteiger partial charge is 0.475 e. The standard InChI is InChI=1S/C12H12FN.C2HF3O2/c1-2-10-11-5-4-9(14)7-8(11)3-6-12(10)13;3-2(4,5)1(6)7/h3-7H,2,14H2,1H3;(H,6,7). The lowest BCUT2D eigenvalue weighted by atomic mass is 10.0. The molecule has 0 unspecified atom stereocenters. The minimum Gasteiger partial charge on any atom is -0.475 e. The summed E-state index contributed by atoms with van der Waals surface area (Å²) in [6.45, 7) is 1.95. The molecule has 2 aromatic carbocycles. The van der Waals surface area contributed by atoms with Crippen molar-refractivity contribution in [2.24, 2.45) is 0 Å². The fourth-order valence-corrected chi connectivity index (χ4v) is 1.75. The van der Waals surface area contributed by atoms with Crippen LogP contribution in [-0.2, 0) is 11.2 Å². The molecule has 0 aliphatic carbocycles. The third-order valence-corrected chi connectivity index (χ3v) is 2.69. The highest BCUT2D eigenvalue weighted by molar-refractivity contribution is 5.88. The first-order valence-electron chi connectivity index (χ1n) is 5.93. The summed E-state index contributed by atoms with van der Waals surface area (Å²) < 4.78 is 45.1. The number of aliphatic carboxylic acids is 1. The lowest BCUT2D eigenvalue weighted by molar-refractivity contribution is -0.192. The monoisotopic (exact) mass is 303 g/mol. The van der Waals surface area contributed by atoms with Crippen LogP contribution >= 0.6 is 0 Å². The van der Waals surface area contributed by atoms with Crippen LogP contribution in [0.3, 0.4) is 0 Å². The summed E-state index contributed by atoms with van der Waals surface area (Å²) in [6, 6.07) is 8.82. The number of carboxylic acid groups (broad SMARTS) is 1. The van der Waals surface area contributed by atoms with Crippen molar-refractivity contribution >= 4 is 22.4 Å². The highest BCUT2D eigenvalue weighted by Crippen LogP contribution is 2.24. The maximum Gasteiger partial charge on any atom is 0.490 e. The largest absolute Gasteiger partial charge is 0.490 e. The number of hydrogen-bond donors (Lipinski definition) is 2. The second-order valence-corrected chi connectivity index (χ2v) is 4.16. The Labute approximate surface area is 118 Å². The molecule has 0 radical (unpaired) electrons. The number of hydrogen-bond acceptors (Lipinski definition) is 2. The molecule has 0 aliphatic heterocycles. The fourth-order valence-electron chi connectivity index (χ4n) is 1.75. The van der Waals surface area contributed by atoms with Gasteiger partial charge < -0.3 is 10.8 Å². The highest BCUT2D eigenvalue weighted by Gasteiger charge is 2.38. The van der Waals surface area contributed by atoms with E-state index in [9.17, 15) is 17.6 Å². The van der Waals surface area contributed by atoms with Crippen LogP contribution in [0.25, 0.3) is 10.8 Å². The van der Waals surface area contributed by atoms with Crippen LogP contribution in [-0.4, -0.2) is 17.3 Å². The zero-order chi connectivity index (χ0) is 16.2. The van der Waals surface area contributed by atoms with Gasteiger partial charge in [-0.1, -0.05) is 19.1 Å². The molecule has 0 spiro atoms. The number of alkyl halides is 3. The van der Waals surface area contributed by atoms with Crippen LogP contribution < -0.4 is 5.73 Å². The summed E-state index contributed by atoms with van der Waals surface area (Å²) in [5.41, 5.74) is 7.14. The van der Waals surface area contributed by atoms with Gasteiger partial charge in [0.15, 0.2) is 0 Å². The molecule has 0 saturated heterocycles. The molecule has 21 heavy (non-hydrogen) atoms. The average molecular weight is 303 g/mol. The van der Waals surface area contributed by atoms with Crippen molar-refractivity contribution in [3.8, 4) is 0 Å². The van der Waals surface area contributed by atoms with E-state index in [2.05, 4.69) is 0 Å². The Hall–Kier alpha value is -2.31. The van der Waals surface area contributed by atoms with E-state index in [-0.39, 0.29) is 5.82 Å². The zero-order valence-corrected chi connectivity index (χ0v) is 11.0. The van der Waals surface area contributed by atoms with E-state index in [1.807, 2.05) is 19.1 Å². The van der Waals surface area contributed by atoms with Gasteiger partial charge in [0.1, 0.15) is 5.82 Å². The molecule has 0 heterocycles. The van der Waals surface area contributed by atoms with E-state index < -0.39 is 12.1 Å². The molecule has 114 valence electrons. The summed E-state index contributed by atoms with van der Waals surface area (Å²) >= 11 is 0. The normalized spacial score (nSPS) is 10.9. The first-order chi connectivity index (χ1) is 9.66. The van der Waals surface area contributed by atoms with Crippen molar-refractivity contribution in [1.82, 2.24) is 0 Å². The summed E-state index contributed by atoms with van der Waals surface area (Å²) in [7, 11) is 0. The lowest BCUT2D eigenvalue weighted by Crippen LogP contribution is -2.21. The minimum atomic E-state index is -5.08. The highest BCUT2D eigenvalue weighted by atomic mass is 19.4. The van der Waals surface area contributed by atoms with Gasteiger partial charge in [0, 0.05) is 5.69 Å². The van der Waals surface area contributed by atoms with Crippen molar-refractivity contribution < 1.29 is 27.5 Å². The van der Waals surface area contributed by atoms with Gasteiger partial charge in [-0.2, -0.15) is 13.2 Å². The third-order valence-electron chi connectivity index (χ3n) is 2.69. The number of benzene rings is 2. The van der Waals surface area contributed by atoms with Gasteiger partial charge in [0.05, 0.1) is 0 Å². The maximum absolute atomic E-state index is 13.4. The Morgan fingerprint density at radius 3 is 2.29 bits per heavy atom. The second kappa shape index (κ2) is 6.43. The van der Waals surface area contributed by atoms with Crippen LogP contribution in [0, 0.1) is 5.82 Å². The predicted octanol–water partition coefficient (Wildman–Crippen LogP) is 3.76. The predicted molar refractivity (Wildman–Crippen MR) is 71.4 cm³/mol. The first kappa shape index (κ1) is 16.7. The molecular formula is C14H13F4NO2. The molecule has 3 N–H and O–H groups in total. The molecule has 2 rings (SSSR count). The number of carbonyl (C=O) groups is 1. The van der Waals surface area contributed by atoms with Crippen LogP contribution in [0.4, 0.5) is 23.2 Å². The van der Waals surface area contributed by atoms with Crippen molar-refractivity contribution in [3.05, 3.63) is 41.7 Å². The molecular weight excluding hydrogens is 290 g/mol. The molecule has 0 atom stereocenters. The molecule has 0 fully saturated rings. The van der Waals surface area contributed by atoms with E-state index in [1.165, 1.54) is 6.07 Å². The number of rotatable bonds is 1. The molecule has 7 heteroatoms. The van der Waals surface area contributed by atoms with Crippen LogP contribution in [0.5, 0.6) is 0 Å². The summed E-state index contributed by atoms with van der Waals surface area (Å²) in [6.07, 6.45) is -4.38. The molecule has 3 nitrogen and oxygen atoms in total. The Balaban J connectivity index is 0.000000270. The van der Waals surface area contributed by atoms with E-state index in [1.54, 1.807) is 12.1 Å². The number of anilines is 1. The van der Waals surface area contributed by atoms with Gasteiger partial charge in [-0.15, -0.1) is 0 Å². The average Bonchev–Trinajstić information content (AvgIpc) is 2.38. The third kappa shape index (κ3) is 4.34. The van der Waals surface area contributed by atoms with Gasteiger partial charge in [0.25, 0.3) is 0 Å². The van der Waals surface area contributed by atoms with Gasteiger partial charge >= 0.3 is 12.1 Å². The molecule has 0 bridgehead atoms. The molecule has 0 aliphatic rings. The molecule has 0 amide bonds. The number of carboxylic acids is 1. The van der Waals surface area contributed by atoms with Crippen molar-refractivity contribution in [2.75, 3.05) is 5.73 Å². The minimum absolute atomic E-state index is 0.134. The lowest BCUT2D eigenvalue weighted by Gasteiger charge is -2.06. The van der Waals surface area contributed by atoms with Gasteiger partial charge in [0.2, 0.25) is 0 Å². The van der Waals surface area contributed by atoms with Gasteiger partial charge in [-0.25, -0.2) is 9.18 Å². The Morgan fingerprint density at radius 1 is 1.24 bits per heavy atom. The number of aryl methyl sites for hydroxylation is 1. The topological polar surface area (TPSA) is 63.3 Å². The molecule has 0 saturated carbocycles. The first-order valence-corrected chi connectivity index (χ1v) is 5.93. The number of nitrogens with two attached hydrogens (primary N) is 1. The maximum atomic E-state index is 13.4. The second-order valence-electron chi connectivity index (χ2n) is 4.16. The van der Waals surface area contributed by atoms with Crippen molar-refractivity contribution in [3.63, 3.8) is 0 Å². The quantitative estimate of drug-likeness (QED) is 0.623. The van der Waals surface area contributed by atoms with Crippen LogP contribution in [0.1, 0.15) is 12.5 Å². The van der Waals surface area contributed by atoms with Crippen LogP contribution in [0.15, 0.2) is 30.3 Å². The van der Waals surface area contributed by atoms with Gasteiger partial charge in [-0.05, 0) is 41.0 Å². The molecule has 0 aromatic heterocycles. The summed E-state index contributed by atoms with van der Waals surface area (Å²) in [4.78, 5) is 8.90. The van der Waals surface area contributed by atoms with E-state index in [0.29, 0.717) is 12.1 Å². The van der Waals surface area contributed by atoms with E-state index in [4.69, 9.17) is 15.6 Å². The van der Waals surface area contributed by atoms with Crippen LogP contribution in [0.2, 0.25) is 0 Å². The SMILES string of the molecule is CCc1c(F)ccc2cc(N)ccc12.O=C(O)C(F)(F)F. The Bertz CT molecular complexity index is 653. The summed E-state index contributed by atoms with van der Waals surface area (Å²) in [5.74, 6) is -2.89. The zero-order valence-electron chi connectivity index (χ0n) is 11.0. The summed E-state index contributed by atoms with van der Waals surface area (Å²) in [5, 5.41) is 9.09. The molecule has 2 aromatic rings. The fraction of sp³-hybridized carbons (Fsp3) is 0.214. The number of halogens is 4. The number of fused-ring (bicyclic) bond motifs is 1. The Kier molecular flexibility index (Phi) is 5.12. The number of nitrogen functional groups attached to an aromatic ring is 1. The van der Waals surface area contributed by atoms with Gasteiger partial charge in [-0.3, -0.25) is 0 Å².